The Balaban J connectivity index is 1.67. The van der Waals surface area contributed by atoms with E-state index < -0.39 is 15.8 Å². The molecule has 1 aromatic carbocycles. The largest absolute Gasteiger partial charge is 0.366 e. The molecule has 7 nitrogen and oxygen atoms in total. The van der Waals surface area contributed by atoms with Crippen LogP contribution in [0.3, 0.4) is 0 Å². The zero-order valence-corrected chi connectivity index (χ0v) is 17.5. The second kappa shape index (κ2) is 9.02. The summed E-state index contributed by atoms with van der Waals surface area (Å²) in [7, 11) is -3.48. The minimum Gasteiger partial charge on any atom is -0.366 e. The van der Waals surface area contributed by atoms with Crippen molar-refractivity contribution in [3.05, 3.63) is 39.8 Å². The van der Waals surface area contributed by atoms with Crippen molar-refractivity contribution in [2.45, 2.75) is 38.9 Å². The van der Waals surface area contributed by atoms with E-state index in [9.17, 15) is 8.42 Å². The van der Waals surface area contributed by atoms with E-state index >= 15 is 0 Å². The number of hydrogen-bond acceptors (Lipinski definition) is 6. The average molecular weight is 411 g/mol. The molecule has 2 N–H and O–H groups in total. The molecule has 0 atom stereocenters. The Labute approximate surface area is 167 Å². The zero-order chi connectivity index (χ0) is 20.2. The molecule has 1 spiro atoms. The fraction of sp³-hybridized carbons (Fsp3) is 0.600. The first-order valence-corrected chi connectivity index (χ1v) is 11.2. The van der Waals surface area contributed by atoms with Crippen LogP contribution in [0.4, 0.5) is 0 Å². The van der Waals surface area contributed by atoms with Gasteiger partial charge in [-0.25, -0.2) is 8.42 Å². The van der Waals surface area contributed by atoms with Gasteiger partial charge in [-0.2, -0.15) is 4.31 Å². The van der Waals surface area contributed by atoms with E-state index in [-0.39, 0.29) is 6.73 Å². The predicted molar refractivity (Wildman–Crippen MR) is 108 cm³/mol. The SMILES string of the molecule is Cc1cc(CCOCN)cc(C)c1/C=C/S(=O)(=O)N1CCC2(CC1)OCCO2. The summed E-state index contributed by atoms with van der Waals surface area (Å²) in [6.45, 7) is 6.75. The topological polar surface area (TPSA) is 91.1 Å². The minimum atomic E-state index is -3.48. The Kier molecular flexibility index (Phi) is 6.90. The smallest absolute Gasteiger partial charge is 0.236 e. The first-order valence-electron chi connectivity index (χ1n) is 9.69. The maximum atomic E-state index is 12.8. The van der Waals surface area contributed by atoms with Crippen LogP contribution < -0.4 is 5.73 Å². The van der Waals surface area contributed by atoms with E-state index in [1.165, 1.54) is 9.71 Å². The molecule has 0 aliphatic carbocycles. The van der Waals surface area contributed by atoms with Gasteiger partial charge in [-0.05, 0) is 48.6 Å². The number of nitrogens with zero attached hydrogens (tertiary/aromatic N) is 1. The van der Waals surface area contributed by atoms with Crippen LogP contribution in [-0.2, 0) is 30.7 Å². The Morgan fingerprint density at radius 2 is 1.79 bits per heavy atom. The van der Waals surface area contributed by atoms with Crippen LogP contribution in [0, 0.1) is 13.8 Å². The lowest BCUT2D eigenvalue weighted by atomic mass is 9.98. The van der Waals surface area contributed by atoms with Crippen molar-refractivity contribution in [1.29, 1.82) is 0 Å². The highest BCUT2D eigenvalue weighted by molar-refractivity contribution is 7.92. The number of rotatable bonds is 7. The average Bonchev–Trinajstić information content (AvgIpc) is 3.09. The molecular weight excluding hydrogens is 380 g/mol. The van der Waals surface area contributed by atoms with Gasteiger partial charge < -0.3 is 19.9 Å². The van der Waals surface area contributed by atoms with E-state index in [1.807, 2.05) is 13.8 Å². The molecule has 156 valence electrons. The van der Waals surface area contributed by atoms with E-state index in [2.05, 4.69) is 12.1 Å². The van der Waals surface area contributed by atoms with Crippen molar-refractivity contribution in [1.82, 2.24) is 4.31 Å². The Morgan fingerprint density at radius 3 is 2.36 bits per heavy atom. The van der Waals surface area contributed by atoms with Crippen molar-refractivity contribution in [2.24, 2.45) is 5.73 Å². The number of piperidine rings is 1. The van der Waals surface area contributed by atoms with Gasteiger partial charge >= 0.3 is 0 Å². The fourth-order valence-corrected chi connectivity index (χ4v) is 5.02. The lowest BCUT2D eigenvalue weighted by Crippen LogP contribution is -2.46. The van der Waals surface area contributed by atoms with Crippen molar-refractivity contribution < 1.29 is 22.6 Å². The standard InChI is InChI=1S/C20H30N2O5S/c1-16-13-18(3-9-25-15-21)14-17(2)19(16)4-12-28(23,24)22-7-5-20(6-8-22)26-10-11-27-20/h4,12-14H,3,5-11,15,21H2,1-2H3/b12-4+. The third kappa shape index (κ3) is 5.00. The molecule has 2 saturated heterocycles. The molecular formula is C20H30N2O5S. The maximum absolute atomic E-state index is 12.8. The van der Waals surface area contributed by atoms with Gasteiger partial charge in [0.1, 0.15) is 0 Å². The van der Waals surface area contributed by atoms with Crippen LogP contribution in [0.1, 0.15) is 35.1 Å². The normalized spacial score (nSPS) is 20.4. The third-order valence-electron chi connectivity index (χ3n) is 5.37. The fourth-order valence-electron chi connectivity index (χ4n) is 3.85. The predicted octanol–water partition coefficient (Wildman–Crippen LogP) is 1.92. The van der Waals surface area contributed by atoms with Crippen molar-refractivity contribution >= 4 is 16.1 Å². The molecule has 2 aliphatic rings. The minimum absolute atomic E-state index is 0.215. The summed E-state index contributed by atoms with van der Waals surface area (Å²) in [5.41, 5.74) is 9.52. The molecule has 0 bridgehead atoms. The summed E-state index contributed by atoms with van der Waals surface area (Å²) in [6, 6.07) is 4.14. The van der Waals surface area contributed by atoms with Crippen LogP contribution in [-0.4, -0.2) is 58.2 Å². The number of sulfonamides is 1. The summed E-state index contributed by atoms with van der Waals surface area (Å²) >= 11 is 0. The summed E-state index contributed by atoms with van der Waals surface area (Å²) in [4.78, 5) is 0. The van der Waals surface area contributed by atoms with Crippen molar-refractivity contribution in [3.63, 3.8) is 0 Å². The summed E-state index contributed by atoms with van der Waals surface area (Å²) in [5, 5.41) is 1.31. The van der Waals surface area contributed by atoms with Crippen molar-refractivity contribution in [3.8, 4) is 0 Å². The van der Waals surface area contributed by atoms with Crippen LogP contribution in [0.15, 0.2) is 17.5 Å². The lowest BCUT2D eigenvalue weighted by molar-refractivity contribution is -0.179. The Morgan fingerprint density at radius 1 is 1.18 bits per heavy atom. The van der Waals surface area contributed by atoms with Gasteiger partial charge in [0, 0.05) is 31.3 Å². The second-order valence-electron chi connectivity index (χ2n) is 7.32. The van der Waals surface area contributed by atoms with E-state index in [0.29, 0.717) is 45.8 Å². The van der Waals surface area contributed by atoms with Gasteiger partial charge in [-0.3, -0.25) is 0 Å². The van der Waals surface area contributed by atoms with Gasteiger partial charge in [-0.15, -0.1) is 0 Å². The maximum Gasteiger partial charge on any atom is 0.236 e. The molecule has 8 heteroatoms. The molecule has 2 heterocycles. The molecule has 28 heavy (non-hydrogen) atoms. The second-order valence-corrected chi connectivity index (χ2v) is 9.14. The van der Waals surface area contributed by atoms with Gasteiger partial charge in [-0.1, -0.05) is 12.1 Å². The third-order valence-corrected chi connectivity index (χ3v) is 6.94. The molecule has 1 aromatic rings. The first-order chi connectivity index (χ1) is 13.4. The number of benzene rings is 1. The van der Waals surface area contributed by atoms with E-state index in [1.54, 1.807) is 6.08 Å². The van der Waals surface area contributed by atoms with E-state index in [4.69, 9.17) is 19.9 Å². The van der Waals surface area contributed by atoms with Gasteiger partial charge in [0.2, 0.25) is 10.0 Å². The van der Waals surface area contributed by atoms with Crippen LogP contribution in [0.5, 0.6) is 0 Å². The molecule has 2 aliphatic heterocycles. The lowest BCUT2D eigenvalue weighted by Gasteiger charge is -2.36. The van der Waals surface area contributed by atoms with Gasteiger partial charge in [0.05, 0.1) is 26.6 Å². The van der Waals surface area contributed by atoms with Gasteiger partial charge in [0.15, 0.2) is 5.79 Å². The molecule has 0 aromatic heterocycles. The number of hydrogen-bond donors (Lipinski definition) is 1. The Bertz CT molecular complexity index is 783. The summed E-state index contributed by atoms with van der Waals surface area (Å²) < 4.78 is 43.6. The summed E-state index contributed by atoms with van der Waals surface area (Å²) in [5.74, 6) is -0.577. The number of ether oxygens (including phenoxy) is 3. The first kappa shape index (κ1) is 21.4. The van der Waals surface area contributed by atoms with Crippen molar-refractivity contribution in [2.75, 3.05) is 39.6 Å². The molecule has 0 saturated carbocycles. The molecule has 0 radical (unpaired) electrons. The molecule has 0 unspecified atom stereocenters. The monoisotopic (exact) mass is 410 g/mol. The highest BCUT2D eigenvalue weighted by Gasteiger charge is 2.41. The summed E-state index contributed by atoms with van der Waals surface area (Å²) in [6.07, 6.45) is 3.61. The highest BCUT2D eigenvalue weighted by atomic mass is 32.2. The van der Waals surface area contributed by atoms with E-state index in [0.717, 1.165) is 28.7 Å². The highest BCUT2D eigenvalue weighted by Crippen LogP contribution is 2.32. The number of aryl methyl sites for hydroxylation is 2. The number of nitrogens with two attached hydrogens (primary N) is 1. The molecule has 0 amide bonds. The van der Waals surface area contributed by atoms with Crippen LogP contribution >= 0.6 is 0 Å². The van der Waals surface area contributed by atoms with Crippen LogP contribution in [0.2, 0.25) is 0 Å². The molecule has 2 fully saturated rings. The van der Waals surface area contributed by atoms with Crippen LogP contribution in [0.25, 0.3) is 6.08 Å². The Hall–Kier alpha value is -1.29. The zero-order valence-electron chi connectivity index (χ0n) is 16.6. The molecule has 3 rings (SSSR count). The quantitative estimate of drug-likeness (QED) is 0.545. The van der Waals surface area contributed by atoms with Gasteiger partial charge in [0.25, 0.3) is 0 Å².